The van der Waals surface area contributed by atoms with E-state index in [1.54, 1.807) is 0 Å². The van der Waals surface area contributed by atoms with E-state index in [0.717, 1.165) is 5.56 Å². The molecule has 15 heavy (non-hydrogen) atoms. The molecule has 4 nitrogen and oxygen atoms in total. The second-order valence-corrected chi connectivity index (χ2v) is 3.33. The summed E-state index contributed by atoms with van der Waals surface area (Å²) in [5.41, 5.74) is 6.52. The lowest BCUT2D eigenvalue weighted by molar-refractivity contribution is -0.140. The summed E-state index contributed by atoms with van der Waals surface area (Å²) in [4.78, 5) is 21.5. The maximum absolute atomic E-state index is 11.3. The van der Waals surface area contributed by atoms with Crippen LogP contribution in [0.1, 0.15) is 12.0 Å². The van der Waals surface area contributed by atoms with Crippen LogP contribution in [0.3, 0.4) is 0 Å². The third-order valence-electron chi connectivity index (χ3n) is 2.04. The van der Waals surface area contributed by atoms with Gasteiger partial charge in [0.25, 0.3) is 0 Å². The van der Waals surface area contributed by atoms with Gasteiger partial charge in [0.15, 0.2) is 5.78 Å². The van der Waals surface area contributed by atoms with E-state index in [1.807, 2.05) is 30.3 Å². The van der Waals surface area contributed by atoms with Crippen molar-refractivity contribution in [3.63, 3.8) is 0 Å². The molecule has 0 saturated heterocycles. The SMILES string of the molecule is NC(Cc1ccccc1)C(=O)CC(=O)O. The first-order valence-electron chi connectivity index (χ1n) is 4.63. The molecule has 1 unspecified atom stereocenters. The largest absolute Gasteiger partial charge is 0.481 e. The minimum Gasteiger partial charge on any atom is -0.481 e. The van der Waals surface area contributed by atoms with Crippen molar-refractivity contribution in [2.45, 2.75) is 18.9 Å². The second kappa shape index (κ2) is 5.26. The van der Waals surface area contributed by atoms with E-state index in [9.17, 15) is 9.59 Å². The number of aliphatic carboxylic acids is 1. The first kappa shape index (κ1) is 11.4. The Labute approximate surface area is 87.7 Å². The molecule has 0 fully saturated rings. The van der Waals surface area contributed by atoms with Crippen LogP contribution in [0, 0.1) is 0 Å². The van der Waals surface area contributed by atoms with E-state index in [1.165, 1.54) is 0 Å². The molecule has 0 aliphatic carbocycles. The van der Waals surface area contributed by atoms with Gasteiger partial charge in [0, 0.05) is 0 Å². The third kappa shape index (κ3) is 3.91. The highest BCUT2D eigenvalue weighted by Crippen LogP contribution is 2.03. The molecule has 0 aliphatic heterocycles. The van der Waals surface area contributed by atoms with Gasteiger partial charge in [-0.2, -0.15) is 0 Å². The van der Waals surface area contributed by atoms with Gasteiger partial charge in [-0.05, 0) is 12.0 Å². The van der Waals surface area contributed by atoms with Crippen molar-refractivity contribution in [2.75, 3.05) is 0 Å². The highest BCUT2D eigenvalue weighted by molar-refractivity contribution is 5.97. The fourth-order valence-electron chi connectivity index (χ4n) is 1.26. The van der Waals surface area contributed by atoms with Crippen LogP contribution in [0.25, 0.3) is 0 Å². The highest BCUT2D eigenvalue weighted by Gasteiger charge is 2.16. The van der Waals surface area contributed by atoms with Gasteiger partial charge in [0.1, 0.15) is 6.42 Å². The van der Waals surface area contributed by atoms with Crippen molar-refractivity contribution >= 4 is 11.8 Å². The number of carboxylic acid groups (broad SMARTS) is 1. The maximum Gasteiger partial charge on any atom is 0.310 e. The number of rotatable bonds is 5. The van der Waals surface area contributed by atoms with Gasteiger partial charge in [0.05, 0.1) is 6.04 Å². The van der Waals surface area contributed by atoms with E-state index >= 15 is 0 Å². The molecule has 1 aromatic rings. The molecule has 1 aromatic carbocycles. The van der Waals surface area contributed by atoms with Crippen LogP contribution in [0.15, 0.2) is 30.3 Å². The normalized spacial score (nSPS) is 12.1. The van der Waals surface area contributed by atoms with Gasteiger partial charge in [-0.1, -0.05) is 30.3 Å². The number of ketones is 1. The highest BCUT2D eigenvalue weighted by atomic mass is 16.4. The zero-order valence-corrected chi connectivity index (χ0v) is 8.22. The summed E-state index contributed by atoms with van der Waals surface area (Å²) in [6, 6.07) is 8.55. The van der Waals surface area contributed by atoms with Crippen molar-refractivity contribution in [3.05, 3.63) is 35.9 Å². The Kier molecular flexibility index (Phi) is 4.00. The fraction of sp³-hybridized carbons (Fsp3) is 0.273. The number of hydrogen-bond acceptors (Lipinski definition) is 3. The van der Waals surface area contributed by atoms with Gasteiger partial charge in [-0.25, -0.2) is 0 Å². The molecule has 3 N–H and O–H groups in total. The van der Waals surface area contributed by atoms with Crippen molar-refractivity contribution < 1.29 is 14.7 Å². The number of carbonyl (C=O) groups excluding carboxylic acids is 1. The molecule has 1 rings (SSSR count). The Bertz CT molecular complexity index is 348. The summed E-state index contributed by atoms with van der Waals surface area (Å²) >= 11 is 0. The van der Waals surface area contributed by atoms with E-state index in [2.05, 4.69) is 0 Å². The van der Waals surface area contributed by atoms with Crippen molar-refractivity contribution in [2.24, 2.45) is 5.73 Å². The average Bonchev–Trinajstić information content (AvgIpc) is 2.18. The molecule has 0 heterocycles. The molecule has 0 spiro atoms. The number of nitrogens with two attached hydrogens (primary N) is 1. The van der Waals surface area contributed by atoms with Gasteiger partial charge in [0.2, 0.25) is 0 Å². The van der Waals surface area contributed by atoms with E-state index in [4.69, 9.17) is 10.8 Å². The summed E-state index contributed by atoms with van der Waals surface area (Å²) in [5, 5.41) is 8.42. The lowest BCUT2D eigenvalue weighted by Crippen LogP contribution is -2.33. The molecule has 0 aliphatic rings. The number of carboxylic acids is 1. The number of Topliss-reactive ketones (excluding diaryl/α,β-unsaturated/α-hetero) is 1. The molecule has 0 radical (unpaired) electrons. The Morgan fingerprint density at radius 1 is 1.27 bits per heavy atom. The van der Waals surface area contributed by atoms with Crippen LogP contribution in [0.2, 0.25) is 0 Å². The van der Waals surface area contributed by atoms with Gasteiger partial charge in [-0.3, -0.25) is 9.59 Å². The van der Waals surface area contributed by atoms with E-state index < -0.39 is 24.2 Å². The number of hydrogen-bond donors (Lipinski definition) is 2. The molecular weight excluding hydrogens is 194 g/mol. The van der Waals surface area contributed by atoms with E-state index in [-0.39, 0.29) is 0 Å². The molecule has 0 saturated carbocycles. The predicted octanol–water partition coefficient (Wildman–Crippen LogP) is 0.600. The second-order valence-electron chi connectivity index (χ2n) is 3.33. The van der Waals surface area contributed by atoms with Crippen LogP contribution in [0.4, 0.5) is 0 Å². The summed E-state index contributed by atoms with van der Waals surface area (Å²) in [6.45, 7) is 0. The molecular formula is C11H13NO3. The lowest BCUT2D eigenvalue weighted by Gasteiger charge is -2.08. The Morgan fingerprint density at radius 3 is 2.40 bits per heavy atom. The standard InChI is InChI=1S/C11H13NO3/c12-9(10(13)7-11(14)15)6-8-4-2-1-3-5-8/h1-5,9H,6-7,12H2,(H,14,15). The zero-order chi connectivity index (χ0) is 11.3. The van der Waals surface area contributed by atoms with Crippen LogP contribution < -0.4 is 5.73 Å². The van der Waals surface area contributed by atoms with Crippen molar-refractivity contribution in [3.8, 4) is 0 Å². The summed E-state index contributed by atoms with van der Waals surface area (Å²) < 4.78 is 0. The topological polar surface area (TPSA) is 80.4 Å². The van der Waals surface area contributed by atoms with Gasteiger partial charge in [-0.15, -0.1) is 0 Å². The van der Waals surface area contributed by atoms with Gasteiger partial charge < -0.3 is 10.8 Å². The molecule has 0 aromatic heterocycles. The Morgan fingerprint density at radius 2 is 1.87 bits per heavy atom. The quantitative estimate of drug-likeness (QED) is 0.693. The van der Waals surface area contributed by atoms with Gasteiger partial charge >= 0.3 is 5.97 Å². The van der Waals surface area contributed by atoms with Crippen LogP contribution in [-0.4, -0.2) is 22.9 Å². The van der Waals surface area contributed by atoms with Crippen LogP contribution >= 0.6 is 0 Å². The van der Waals surface area contributed by atoms with Crippen molar-refractivity contribution in [1.82, 2.24) is 0 Å². The molecule has 0 amide bonds. The van der Waals surface area contributed by atoms with Crippen LogP contribution in [-0.2, 0) is 16.0 Å². The predicted molar refractivity (Wildman–Crippen MR) is 55.4 cm³/mol. The van der Waals surface area contributed by atoms with Crippen molar-refractivity contribution in [1.29, 1.82) is 0 Å². The zero-order valence-electron chi connectivity index (χ0n) is 8.22. The maximum atomic E-state index is 11.3. The Balaban J connectivity index is 2.52. The molecule has 0 bridgehead atoms. The summed E-state index contributed by atoms with van der Waals surface area (Å²) in [7, 11) is 0. The smallest absolute Gasteiger partial charge is 0.310 e. The third-order valence-corrected chi connectivity index (χ3v) is 2.04. The monoisotopic (exact) mass is 207 g/mol. The minimum absolute atomic E-state index is 0.382. The number of carbonyl (C=O) groups is 2. The molecule has 4 heteroatoms. The summed E-state index contributed by atoms with van der Waals surface area (Å²) in [6.07, 6.45) is -0.124. The first-order chi connectivity index (χ1) is 7.09. The van der Waals surface area contributed by atoms with Crippen LogP contribution in [0.5, 0.6) is 0 Å². The minimum atomic E-state index is -1.14. The fourth-order valence-corrected chi connectivity index (χ4v) is 1.26. The Hall–Kier alpha value is -1.68. The first-order valence-corrected chi connectivity index (χ1v) is 4.63. The number of benzene rings is 1. The molecule has 80 valence electrons. The lowest BCUT2D eigenvalue weighted by atomic mass is 10.0. The summed E-state index contributed by atoms with van der Waals surface area (Å²) in [5.74, 6) is -1.57. The van der Waals surface area contributed by atoms with E-state index in [0.29, 0.717) is 6.42 Å². The molecule has 1 atom stereocenters. The average molecular weight is 207 g/mol.